The van der Waals surface area contributed by atoms with Crippen molar-refractivity contribution in [1.29, 1.82) is 0 Å². The monoisotopic (exact) mass is 296 g/mol. The summed E-state index contributed by atoms with van der Waals surface area (Å²) in [6, 6.07) is 5.16. The SMILES string of the molecule is CC(N)Cc1cc(F)ccc1N1CCSC(C)(C)CC1. The summed E-state index contributed by atoms with van der Waals surface area (Å²) in [6.07, 6.45) is 1.87. The quantitative estimate of drug-likeness (QED) is 0.926. The molecule has 0 aliphatic carbocycles. The maximum absolute atomic E-state index is 13.5. The molecule has 0 saturated carbocycles. The highest BCUT2D eigenvalue weighted by molar-refractivity contribution is 8.00. The lowest BCUT2D eigenvalue weighted by Crippen LogP contribution is -2.29. The third-order valence-electron chi connectivity index (χ3n) is 3.76. The van der Waals surface area contributed by atoms with Gasteiger partial charge in [-0.25, -0.2) is 4.39 Å². The van der Waals surface area contributed by atoms with Crippen molar-refractivity contribution in [3.8, 4) is 0 Å². The van der Waals surface area contributed by atoms with Gasteiger partial charge in [0.15, 0.2) is 0 Å². The number of hydrogen-bond donors (Lipinski definition) is 1. The minimum absolute atomic E-state index is 0.0494. The van der Waals surface area contributed by atoms with Crippen molar-refractivity contribution >= 4 is 17.4 Å². The maximum atomic E-state index is 13.5. The highest BCUT2D eigenvalue weighted by atomic mass is 32.2. The standard InChI is InChI=1S/C16H25FN2S/c1-12(18)10-13-11-14(17)4-5-15(13)19-7-6-16(2,3)20-9-8-19/h4-5,11-12H,6-10,18H2,1-3H3. The summed E-state index contributed by atoms with van der Waals surface area (Å²) in [5, 5.41) is 0. The predicted octanol–water partition coefficient (Wildman–Crippen LogP) is 3.44. The predicted molar refractivity (Wildman–Crippen MR) is 87.1 cm³/mol. The second-order valence-electron chi connectivity index (χ2n) is 6.30. The Morgan fingerprint density at radius 3 is 2.85 bits per heavy atom. The van der Waals surface area contributed by atoms with Gasteiger partial charge in [0.05, 0.1) is 0 Å². The molecule has 2 N–H and O–H groups in total. The van der Waals surface area contributed by atoms with Crippen molar-refractivity contribution in [3.63, 3.8) is 0 Å². The Kier molecular flexibility index (Phi) is 4.97. The zero-order chi connectivity index (χ0) is 14.8. The van der Waals surface area contributed by atoms with Crippen LogP contribution in [0.4, 0.5) is 10.1 Å². The number of anilines is 1. The highest BCUT2D eigenvalue weighted by Gasteiger charge is 2.24. The van der Waals surface area contributed by atoms with E-state index < -0.39 is 0 Å². The first-order valence-electron chi connectivity index (χ1n) is 7.30. The van der Waals surface area contributed by atoms with Gasteiger partial charge in [-0.15, -0.1) is 0 Å². The van der Waals surface area contributed by atoms with E-state index in [0.717, 1.165) is 42.9 Å². The minimum Gasteiger partial charge on any atom is -0.370 e. The molecule has 0 aromatic heterocycles. The molecule has 4 heteroatoms. The smallest absolute Gasteiger partial charge is 0.123 e. The number of benzene rings is 1. The van der Waals surface area contributed by atoms with Gasteiger partial charge in [0.25, 0.3) is 0 Å². The molecule has 1 aromatic carbocycles. The molecule has 2 nitrogen and oxygen atoms in total. The number of nitrogens with zero attached hydrogens (tertiary/aromatic N) is 1. The molecule has 1 fully saturated rings. The Morgan fingerprint density at radius 2 is 2.15 bits per heavy atom. The van der Waals surface area contributed by atoms with Gasteiger partial charge in [-0.2, -0.15) is 11.8 Å². The van der Waals surface area contributed by atoms with Gasteiger partial charge in [-0.05, 0) is 43.5 Å². The van der Waals surface area contributed by atoms with Crippen molar-refractivity contribution < 1.29 is 4.39 Å². The first-order valence-corrected chi connectivity index (χ1v) is 8.29. The summed E-state index contributed by atoms with van der Waals surface area (Å²) in [6.45, 7) is 8.61. The summed E-state index contributed by atoms with van der Waals surface area (Å²) in [4.78, 5) is 2.39. The topological polar surface area (TPSA) is 29.3 Å². The van der Waals surface area contributed by atoms with Crippen LogP contribution in [0.2, 0.25) is 0 Å². The lowest BCUT2D eigenvalue weighted by Gasteiger charge is -2.27. The second kappa shape index (κ2) is 6.35. The third kappa shape index (κ3) is 4.13. The number of hydrogen-bond acceptors (Lipinski definition) is 3. The Hall–Kier alpha value is -0.740. The van der Waals surface area contributed by atoms with Crippen LogP contribution in [0.5, 0.6) is 0 Å². The van der Waals surface area contributed by atoms with Gasteiger partial charge < -0.3 is 10.6 Å². The van der Waals surface area contributed by atoms with E-state index in [4.69, 9.17) is 5.73 Å². The van der Waals surface area contributed by atoms with Gasteiger partial charge in [-0.1, -0.05) is 13.8 Å². The molecule has 1 unspecified atom stereocenters. The van der Waals surface area contributed by atoms with E-state index in [2.05, 4.69) is 18.7 Å². The average molecular weight is 296 g/mol. The highest BCUT2D eigenvalue weighted by Crippen LogP contribution is 2.33. The van der Waals surface area contributed by atoms with Crippen LogP contribution in [0.25, 0.3) is 0 Å². The lowest BCUT2D eigenvalue weighted by molar-refractivity contribution is 0.617. The molecule has 112 valence electrons. The summed E-state index contributed by atoms with van der Waals surface area (Å²) < 4.78 is 13.8. The van der Waals surface area contributed by atoms with Crippen molar-refractivity contribution in [2.45, 2.75) is 44.4 Å². The zero-order valence-corrected chi connectivity index (χ0v) is 13.5. The Labute approximate surface area is 125 Å². The fourth-order valence-corrected chi connectivity index (χ4v) is 3.73. The summed E-state index contributed by atoms with van der Waals surface area (Å²) in [7, 11) is 0. The van der Waals surface area contributed by atoms with Gasteiger partial charge in [0.1, 0.15) is 5.82 Å². The summed E-state index contributed by atoms with van der Waals surface area (Å²) >= 11 is 2.02. The van der Waals surface area contributed by atoms with E-state index in [0.29, 0.717) is 4.75 Å². The first kappa shape index (κ1) is 15.6. The number of nitrogens with two attached hydrogens (primary N) is 1. The Bertz CT molecular complexity index is 460. The number of halogens is 1. The molecule has 0 bridgehead atoms. The lowest BCUT2D eigenvalue weighted by atomic mass is 10.0. The normalized spacial score (nSPS) is 20.6. The summed E-state index contributed by atoms with van der Waals surface area (Å²) in [5.41, 5.74) is 8.09. The fraction of sp³-hybridized carbons (Fsp3) is 0.625. The Morgan fingerprint density at radius 1 is 1.40 bits per heavy atom. The molecule has 1 aromatic rings. The average Bonchev–Trinajstić information content (AvgIpc) is 2.50. The number of rotatable bonds is 3. The molecule has 0 amide bonds. The van der Waals surface area contributed by atoms with E-state index >= 15 is 0 Å². The van der Waals surface area contributed by atoms with Crippen LogP contribution in [-0.4, -0.2) is 29.6 Å². The van der Waals surface area contributed by atoms with Crippen LogP contribution in [0.15, 0.2) is 18.2 Å². The van der Waals surface area contributed by atoms with Crippen LogP contribution in [0, 0.1) is 5.82 Å². The van der Waals surface area contributed by atoms with Crippen LogP contribution in [0.3, 0.4) is 0 Å². The van der Waals surface area contributed by atoms with Crippen LogP contribution >= 0.6 is 11.8 Å². The van der Waals surface area contributed by atoms with E-state index in [9.17, 15) is 4.39 Å². The Balaban J connectivity index is 2.22. The molecule has 0 spiro atoms. The van der Waals surface area contributed by atoms with Crippen LogP contribution < -0.4 is 10.6 Å². The van der Waals surface area contributed by atoms with Crippen molar-refractivity contribution in [2.24, 2.45) is 5.73 Å². The second-order valence-corrected chi connectivity index (χ2v) is 8.10. The largest absolute Gasteiger partial charge is 0.370 e. The molecule has 1 aliphatic heterocycles. The van der Waals surface area contributed by atoms with E-state index in [-0.39, 0.29) is 11.9 Å². The van der Waals surface area contributed by atoms with Gasteiger partial charge in [-0.3, -0.25) is 0 Å². The molecule has 20 heavy (non-hydrogen) atoms. The molecule has 1 atom stereocenters. The molecule has 1 aliphatic rings. The fourth-order valence-electron chi connectivity index (χ4n) is 2.63. The van der Waals surface area contributed by atoms with Crippen LogP contribution in [0.1, 0.15) is 32.8 Å². The van der Waals surface area contributed by atoms with Crippen molar-refractivity contribution in [1.82, 2.24) is 0 Å². The molecular weight excluding hydrogens is 271 g/mol. The zero-order valence-electron chi connectivity index (χ0n) is 12.7. The minimum atomic E-state index is -0.172. The third-order valence-corrected chi connectivity index (χ3v) is 5.13. The molecule has 0 radical (unpaired) electrons. The first-order chi connectivity index (χ1) is 9.37. The van der Waals surface area contributed by atoms with E-state index in [1.165, 1.54) is 0 Å². The van der Waals surface area contributed by atoms with Gasteiger partial charge in [0.2, 0.25) is 0 Å². The van der Waals surface area contributed by atoms with E-state index in [1.807, 2.05) is 24.8 Å². The molecule has 1 saturated heterocycles. The van der Waals surface area contributed by atoms with Crippen LogP contribution in [-0.2, 0) is 6.42 Å². The van der Waals surface area contributed by atoms with Crippen molar-refractivity contribution in [3.05, 3.63) is 29.6 Å². The molecule has 2 rings (SSSR count). The van der Waals surface area contributed by atoms with E-state index in [1.54, 1.807) is 12.1 Å². The van der Waals surface area contributed by atoms with Gasteiger partial charge >= 0.3 is 0 Å². The maximum Gasteiger partial charge on any atom is 0.123 e. The molecule has 1 heterocycles. The molecular formula is C16H25FN2S. The summed E-state index contributed by atoms with van der Waals surface area (Å²) in [5.74, 6) is 0.941. The van der Waals surface area contributed by atoms with Crippen molar-refractivity contribution in [2.75, 3.05) is 23.7 Å². The van der Waals surface area contributed by atoms with Gasteiger partial charge in [0, 0.05) is 35.3 Å². The number of thioether (sulfide) groups is 1.